The predicted octanol–water partition coefficient (Wildman–Crippen LogP) is 1.46. The molecule has 1 aromatic heterocycles. The lowest BCUT2D eigenvalue weighted by atomic mass is 10.1. The van der Waals surface area contributed by atoms with Crippen LogP contribution in [0.4, 0.5) is 0 Å². The molecule has 1 N–H and O–H groups in total. The molecule has 6 heteroatoms. The van der Waals surface area contributed by atoms with E-state index in [1.54, 1.807) is 18.3 Å². The van der Waals surface area contributed by atoms with Gasteiger partial charge in [-0.25, -0.2) is 4.98 Å². The number of carbonyl (C=O) groups is 1. The fourth-order valence-corrected chi connectivity index (χ4v) is 2.97. The SMILES string of the molecule is CN1CCC(NC(=O)c2ccc(OC3CCOCC3)nc2)CC1. The molecule has 1 amide bonds. The first kappa shape index (κ1) is 16.2. The highest BCUT2D eigenvalue weighted by Crippen LogP contribution is 2.16. The average Bonchev–Trinajstić information content (AvgIpc) is 2.58. The van der Waals surface area contributed by atoms with E-state index in [-0.39, 0.29) is 18.1 Å². The molecule has 23 heavy (non-hydrogen) atoms. The summed E-state index contributed by atoms with van der Waals surface area (Å²) in [6.45, 7) is 3.53. The van der Waals surface area contributed by atoms with Gasteiger partial charge in [0.25, 0.3) is 5.91 Å². The van der Waals surface area contributed by atoms with Gasteiger partial charge in [0.1, 0.15) is 6.10 Å². The van der Waals surface area contributed by atoms with Crippen LogP contribution in [0.5, 0.6) is 5.88 Å². The Labute approximate surface area is 137 Å². The van der Waals surface area contributed by atoms with Gasteiger partial charge < -0.3 is 19.7 Å². The third-order valence-electron chi connectivity index (χ3n) is 4.51. The fourth-order valence-electron chi connectivity index (χ4n) is 2.97. The van der Waals surface area contributed by atoms with Gasteiger partial charge in [-0.1, -0.05) is 0 Å². The molecule has 0 atom stereocenters. The van der Waals surface area contributed by atoms with Crippen molar-refractivity contribution in [2.45, 2.75) is 37.8 Å². The van der Waals surface area contributed by atoms with Crippen LogP contribution in [-0.2, 0) is 4.74 Å². The lowest BCUT2D eigenvalue weighted by molar-refractivity contribution is 0.0237. The molecule has 0 saturated carbocycles. The average molecular weight is 319 g/mol. The van der Waals surface area contributed by atoms with Gasteiger partial charge in [-0.2, -0.15) is 0 Å². The number of nitrogens with one attached hydrogen (secondary N) is 1. The summed E-state index contributed by atoms with van der Waals surface area (Å²) < 4.78 is 11.1. The summed E-state index contributed by atoms with van der Waals surface area (Å²) in [7, 11) is 2.11. The number of amides is 1. The zero-order valence-electron chi connectivity index (χ0n) is 13.7. The lowest BCUT2D eigenvalue weighted by Gasteiger charge is -2.29. The van der Waals surface area contributed by atoms with Crippen molar-refractivity contribution >= 4 is 5.91 Å². The minimum atomic E-state index is -0.0512. The maximum atomic E-state index is 12.3. The molecule has 0 spiro atoms. The van der Waals surface area contributed by atoms with Crippen molar-refractivity contribution in [3.05, 3.63) is 23.9 Å². The molecule has 1 aromatic rings. The Morgan fingerprint density at radius 2 is 2.00 bits per heavy atom. The van der Waals surface area contributed by atoms with Crippen molar-refractivity contribution in [3.63, 3.8) is 0 Å². The van der Waals surface area contributed by atoms with Gasteiger partial charge in [0, 0.05) is 31.1 Å². The molecular weight excluding hydrogens is 294 g/mol. The van der Waals surface area contributed by atoms with Gasteiger partial charge in [0.05, 0.1) is 18.8 Å². The van der Waals surface area contributed by atoms with Crippen molar-refractivity contribution in [2.75, 3.05) is 33.4 Å². The van der Waals surface area contributed by atoms with E-state index in [1.165, 1.54) is 0 Å². The number of ether oxygens (including phenoxy) is 2. The third-order valence-corrected chi connectivity index (χ3v) is 4.51. The third kappa shape index (κ3) is 4.65. The Balaban J connectivity index is 1.50. The van der Waals surface area contributed by atoms with Crippen molar-refractivity contribution in [2.24, 2.45) is 0 Å². The summed E-state index contributed by atoms with van der Waals surface area (Å²) in [6.07, 6.45) is 5.54. The van der Waals surface area contributed by atoms with E-state index in [0.29, 0.717) is 11.4 Å². The minimum absolute atomic E-state index is 0.0512. The van der Waals surface area contributed by atoms with E-state index < -0.39 is 0 Å². The van der Waals surface area contributed by atoms with Crippen LogP contribution >= 0.6 is 0 Å². The van der Waals surface area contributed by atoms with Crippen LogP contribution < -0.4 is 10.1 Å². The highest BCUT2D eigenvalue weighted by atomic mass is 16.5. The van der Waals surface area contributed by atoms with Crippen molar-refractivity contribution < 1.29 is 14.3 Å². The summed E-state index contributed by atoms with van der Waals surface area (Å²) in [5, 5.41) is 3.09. The first-order valence-electron chi connectivity index (χ1n) is 8.40. The normalized spacial score (nSPS) is 21.1. The second-order valence-electron chi connectivity index (χ2n) is 6.37. The number of likely N-dealkylation sites (tertiary alicyclic amines) is 1. The summed E-state index contributed by atoms with van der Waals surface area (Å²) >= 11 is 0. The van der Waals surface area contributed by atoms with E-state index in [0.717, 1.165) is 52.0 Å². The Hall–Kier alpha value is -1.66. The molecule has 0 radical (unpaired) electrons. The number of rotatable bonds is 4. The maximum absolute atomic E-state index is 12.3. The Morgan fingerprint density at radius 1 is 1.26 bits per heavy atom. The van der Waals surface area contributed by atoms with Gasteiger partial charge in [0.15, 0.2) is 0 Å². The van der Waals surface area contributed by atoms with E-state index >= 15 is 0 Å². The Bertz CT molecular complexity index is 506. The van der Waals surface area contributed by atoms with E-state index in [1.807, 2.05) is 0 Å². The van der Waals surface area contributed by atoms with Crippen LogP contribution in [0.3, 0.4) is 0 Å². The van der Waals surface area contributed by atoms with Gasteiger partial charge in [-0.15, -0.1) is 0 Å². The van der Waals surface area contributed by atoms with Crippen LogP contribution in [-0.4, -0.2) is 61.3 Å². The molecule has 126 valence electrons. The molecule has 3 heterocycles. The summed E-state index contributed by atoms with van der Waals surface area (Å²) in [5.41, 5.74) is 0.586. The van der Waals surface area contributed by atoms with E-state index in [9.17, 15) is 4.79 Å². The largest absolute Gasteiger partial charge is 0.474 e. The number of hydrogen-bond donors (Lipinski definition) is 1. The number of hydrogen-bond acceptors (Lipinski definition) is 5. The highest BCUT2D eigenvalue weighted by Gasteiger charge is 2.20. The molecule has 0 unspecified atom stereocenters. The van der Waals surface area contributed by atoms with Gasteiger partial charge in [-0.05, 0) is 39.0 Å². The van der Waals surface area contributed by atoms with E-state index in [4.69, 9.17) is 9.47 Å². The van der Waals surface area contributed by atoms with E-state index in [2.05, 4.69) is 22.2 Å². The zero-order chi connectivity index (χ0) is 16.1. The molecule has 6 nitrogen and oxygen atoms in total. The quantitative estimate of drug-likeness (QED) is 0.910. The molecule has 2 fully saturated rings. The number of pyridine rings is 1. The number of nitrogens with zero attached hydrogens (tertiary/aromatic N) is 2. The molecule has 0 bridgehead atoms. The number of piperidine rings is 1. The number of carbonyl (C=O) groups excluding carboxylic acids is 1. The molecule has 2 aliphatic rings. The molecule has 0 aromatic carbocycles. The highest BCUT2D eigenvalue weighted by molar-refractivity contribution is 5.94. The lowest BCUT2D eigenvalue weighted by Crippen LogP contribution is -2.43. The van der Waals surface area contributed by atoms with Crippen molar-refractivity contribution in [3.8, 4) is 5.88 Å². The molecular formula is C17H25N3O3. The first-order valence-corrected chi connectivity index (χ1v) is 8.40. The standard InChI is InChI=1S/C17H25N3O3/c1-20-8-4-14(5-9-20)19-17(21)13-2-3-16(18-12-13)23-15-6-10-22-11-7-15/h2-3,12,14-15H,4-11H2,1H3,(H,19,21). The molecule has 0 aliphatic carbocycles. The van der Waals surface area contributed by atoms with Crippen LogP contribution in [0.1, 0.15) is 36.0 Å². The smallest absolute Gasteiger partial charge is 0.253 e. The minimum Gasteiger partial charge on any atom is -0.474 e. The molecule has 2 saturated heterocycles. The zero-order valence-corrected chi connectivity index (χ0v) is 13.7. The fraction of sp³-hybridized carbons (Fsp3) is 0.647. The predicted molar refractivity (Wildman–Crippen MR) is 86.7 cm³/mol. The second-order valence-corrected chi connectivity index (χ2v) is 6.37. The second kappa shape index (κ2) is 7.75. The Kier molecular flexibility index (Phi) is 5.46. The van der Waals surface area contributed by atoms with Gasteiger partial charge in [0.2, 0.25) is 5.88 Å². The van der Waals surface area contributed by atoms with Gasteiger partial charge in [-0.3, -0.25) is 4.79 Å². The van der Waals surface area contributed by atoms with Crippen LogP contribution in [0.15, 0.2) is 18.3 Å². The summed E-state index contributed by atoms with van der Waals surface area (Å²) in [4.78, 5) is 18.8. The number of aromatic nitrogens is 1. The monoisotopic (exact) mass is 319 g/mol. The van der Waals surface area contributed by atoms with Crippen LogP contribution in [0.25, 0.3) is 0 Å². The van der Waals surface area contributed by atoms with Crippen LogP contribution in [0.2, 0.25) is 0 Å². The summed E-state index contributed by atoms with van der Waals surface area (Å²) in [5.74, 6) is 0.525. The molecule has 3 rings (SSSR count). The molecule has 2 aliphatic heterocycles. The Morgan fingerprint density at radius 3 is 2.65 bits per heavy atom. The summed E-state index contributed by atoms with van der Waals surface area (Å²) in [6, 6.07) is 3.82. The maximum Gasteiger partial charge on any atom is 0.253 e. The van der Waals surface area contributed by atoms with Crippen LogP contribution in [0, 0.1) is 0 Å². The van der Waals surface area contributed by atoms with Crippen molar-refractivity contribution in [1.29, 1.82) is 0 Å². The topological polar surface area (TPSA) is 63.7 Å². The van der Waals surface area contributed by atoms with Crippen molar-refractivity contribution in [1.82, 2.24) is 15.2 Å². The first-order chi connectivity index (χ1) is 11.2. The van der Waals surface area contributed by atoms with Gasteiger partial charge >= 0.3 is 0 Å².